The lowest BCUT2D eigenvalue weighted by Gasteiger charge is -2.32. The maximum absolute atomic E-state index is 12.7. The summed E-state index contributed by atoms with van der Waals surface area (Å²) in [6, 6.07) is 7.18. The molecule has 0 aromatic heterocycles. The van der Waals surface area contributed by atoms with Crippen LogP contribution in [-0.4, -0.2) is 50.9 Å². The molecule has 0 radical (unpaired) electrons. The highest BCUT2D eigenvalue weighted by Crippen LogP contribution is 2.24. The van der Waals surface area contributed by atoms with E-state index in [-0.39, 0.29) is 17.9 Å². The van der Waals surface area contributed by atoms with Gasteiger partial charge >= 0.3 is 0 Å². The molecule has 2 saturated heterocycles. The second-order valence-electron chi connectivity index (χ2n) is 7.02. The topological polar surface area (TPSA) is 78.5 Å². The molecular formula is C18H27N3O3S. The minimum atomic E-state index is -3.46. The number of benzene rings is 1. The summed E-state index contributed by atoms with van der Waals surface area (Å²) in [5, 5.41) is 6.42. The molecule has 7 heteroatoms. The van der Waals surface area contributed by atoms with E-state index in [2.05, 4.69) is 10.6 Å². The maximum atomic E-state index is 12.7. The minimum absolute atomic E-state index is 0.0827. The van der Waals surface area contributed by atoms with Crippen LogP contribution in [0.5, 0.6) is 0 Å². The molecule has 0 aliphatic carbocycles. The molecule has 138 valence electrons. The summed E-state index contributed by atoms with van der Waals surface area (Å²) in [5.74, 6) is -0.00126. The predicted octanol–water partition coefficient (Wildman–Crippen LogP) is 1.26. The third-order valence-electron chi connectivity index (χ3n) is 5.17. The Balaban J connectivity index is 1.55. The first-order valence-electron chi connectivity index (χ1n) is 9.05. The first-order chi connectivity index (χ1) is 12.0. The smallest absolute Gasteiger partial charge is 0.243 e. The van der Waals surface area contributed by atoms with E-state index in [0.717, 1.165) is 31.5 Å². The van der Waals surface area contributed by atoms with Crippen molar-refractivity contribution in [2.45, 2.75) is 43.5 Å². The highest BCUT2D eigenvalue weighted by atomic mass is 32.2. The van der Waals surface area contributed by atoms with Crippen molar-refractivity contribution in [2.24, 2.45) is 5.92 Å². The molecule has 1 aromatic rings. The molecule has 0 bridgehead atoms. The van der Waals surface area contributed by atoms with E-state index in [1.54, 1.807) is 12.1 Å². The molecule has 2 aliphatic rings. The summed E-state index contributed by atoms with van der Waals surface area (Å²) >= 11 is 0. The third kappa shape index (κ3) is 4.40. The van der Waals surface area contributed by atoms with Crippen molar-refractivity contribution in [3.8, 4) is 0 Å². The lowest BCUT2D eigenvalue weighted by Crippen LogP contribution is -2.47. The molecular weight excluding hydrogens is 338 g/mol. The quantitative estimate of drug-likeness (QED) is 0.842. The minimum Gasteiger partial charge on any atom is -0.353 e. The van der Waals surface area contributed by atoms with Crippen LogP contribution in [0.4, 0.5) is 0 Å². The first kappa shape index (κ1) is 18.4. The summed E-state index contributed by atoms with van der Waals surface area (Å²) in [6.07, 6.45) is 3.10. The fraction of sp³-hybridized carbons (Fsp3) is 0.611. The van der Waals surface area contributed by atoms with Crippen LogP contribution >= 0.6 is 0 Å². The summed E-state index contributed by atoms with van der Waals surface area (Å²) in [5.41, 5.74) is 1.03. The zero-order valence-corrected chi connectivity index (χ0v) is 15.5. The molecule has 3 rings (SSSR count). The number of nitrogens with zero attached hydrogens (tertiary/aromatic N) is 1. The number of nitrogens with one attached hydrogen (secondary N) is 2. The Labute approximate surface area is 150 Å². The van der Waals surface area contributed by atoms with Crippen molar-refractivity contribution in [1.82, 2.24) is 14.9 Å². The summed E-state index contributed by atoms with van der Waals surface area (Å²) < 4.78 is 26.9. The fourth-order valence-corrected chi connectivity index (χ4v) is 4.97. The lowest BCUT2D eigenvalue weighted by atomic mass is 9.96. The normalized spacial score (nSPS) is 21.2. The molecule has 0 saturated carbocycles. The third-order valence-corrected chi connectivity index (χ3v) is 7.08. The second-order valence-corrected chi connectivity index (χ2v) is 8.96. The van der Waals surface area contributed by atoms with Gasteiger partial charge < -0.3 is 10.6 Å². The number of rotatable bonds is 4. The fourth-order valence-electron chi connectivity index (χ4n) is 3.50. The van der Waals surface area contributed by atoms with Gasteiger partial charge in [-0.1, -0.05) is 17.7 Å². The van der Waals surface area contributed by atoms with Gasteiger partial charge in [-0.2, -0.15) is 4.31 Å². The van der Waals surface area contributed by atoms with E-state index in [9.17, 15) is 13.2 Å². The number of carbonyl (C=O) groups is 1. The van der Waals surface area contributed by atoms with E-state index in [1.165, 1.54) is 4.31 Å². The van der Waals surface area contributed by atoms with E-state index in [0.29, 0.717) is 30.8 Å². The largest absolute Gasteiger partial charge is 0.353 e. The van der Waals surface area contributed by atoms with Crippen LogP contribution in [0.1, 0.15) is 31.2 Å². The number of hydrogen-bond donors (Lipinski definition) is 2. The molecule has 1 aromatic carbocycles. The summed E-state index contributed by atoms with van der Waals surface area (Å²) in [6.45, 7) is 4.63. The Kier molecular flexibility index (Phi) is 5.76. The molecule has 2 aliphatic heterocycles. The van der Waals surface area contributed by atoms with Gasteiger partial charge in [0.1, 0.15) is 0 Å². The SMILES string of the molecule is Cc1ccc(S(=O)(=O)N2CCC(C(=O)NC3CCNCC3)CC2)cc1. The molecule has 1 amide bonds. The number of carbonyl (C=O) groups excluding carboxylic acids is 1. The average molecular weight is 365 g/mol. The Morgan fingerprint density at radius 2 is 1.68 bits per heavy atom. The molecule has 2 fully saturated rings. The standard InChI is InChI=1S/C18H27N3O3S/c1-14-2-4-17(5-3-14)25(23,24)21-12-8-15(9-13-21)18(22)20-16-6-10-19-11-7-16/h2-5,15-16,19H,6-13H2,1H3,(H,20,22). The van der Waals surface area contributed by atoms with Gasteiger partial charge in [-0.3, -0.25) is 4.79 Å². The Morgan fingerprint density at radius 1 is 1.08 bits per heavy atom. The van der Waals surface area contributed by atoms with E-state index in [4.69, 9.17) is 0 Å². The molecule has 25 heavy (non-hydrogen) atoms. The van der Waals surface area contributed by atoms with Crippen LogP contribution in [0.3, 0.4) is 0 Å². The number of sulfonamides is 1. The Hall–Kier alpha value is -1.44. The van der Waals surface area contributed by atoms with Crippen LogP contribution < -0.4 is 10.6 Å². The number of aryl methyl sites for hydroxylation is 1. The van der Waals surface area contributed by atoms with Gasteiger partial charge in [-0.15, -0.1) is 0 Å². The number of piperidine rings is 2. The van der Waals surface area contributed by atoms with Crippen molar-refractivity contribution < 1.29 is 13.2 Å². The Bertz CT molecular complexity index is 689. The van der Waals surface area contributed by atoms with Crippen LogP contribution in [0, 0.1) is 12.8 Å². The lowest BCUT2D eigenvalue weighted by molar-refractivity contribution is -0.127. The monoisotopic (exact) mass is 365 g/mol. The van der Waals surface area contributed by atoms with Crippen molar-refractivity contribution >= 4 is 15.9 Å². The molecule has 2 N–H and O–H groups in total. The number of amides is 1. The van der Waals surface area contributed by atoms with Gasteiger partial charge in [0.15, 0.2) is 0 Å². The van der Waals surface area contributed by atoms with Gasteiger partial charge in [0.2, 0.25) is 15.9 Å². The van der Waals surface area contributed by atoms with Crippen molar-refractivity contribution in [2.75, 3.05) is 26.2 Å². The van der Waals surface area contributed by atoms with Crippen molar-refractivity contribution in [3.05, 3.63) is 29.8 Å². The molecule has 2 heterocycles. The van der Waals surface area contributed by atoms with Gasteiger partial charge in [0.25, 0.3) is 0 Å². The van der Waals surface area contributed by atoms with Crippen LogP contribution in [0.2, 0.25) is 0 Å². The average Bonchev–Trinajstić information content (AvgIpc) is 2.63. The molecule has 0 atom stereocenters. The van der Waals surface area contributed by atoms with Crippen LogP contribution in [-0.2, 0) is 14.8 Å². The van der Waals surface area contributed by atoms with Gasteiger partial charge in [-0.05, 0) is 57.8 Å². The van der Waals surface area contributed by atoms with E-state index < -0.39 is 10.0 Å². The zero-order chi connectivity index (χ0) is 17.9. The first-order valence-corrected chi connectivity index (χ1v) is 10.5. The van der Waals surface area contributed by atoms with Crippen LogP contribution in [0.25, 0.3) is 0 Å². The second kappa shape index (κ2) is 7.85. The zero-order valence-electron chi connectivity index (χ0n) is 14.7. The van der Waals surface area contributed by atoms with Gasteiger partial charge in [0, 0.05) is 25.0 Å². The van der Waals surface area contributed by atoms with Crippen LogP contribution in [0.15, 0.2) is 29.2 Å². The highest BCUT2D eigenvalue weighted by Gasteiger charge is 2.32. The summed E-state index contributed by atoms with van der Waals surface area (Å²) in [7, 11) is -3.46. The van der Waals surface area contributed by atoms with Crippen molar-refractivity contribution in [1.29, 1.82) is 0 Å². The molecule has 0 spiro atoms. The number of hydrogen-bond acceptors (Lipinski definition) is 4. The highest BCUT2D eigenvalue weighted by molar-refractivity contribution is 7.89. The predicted molar refractivity (Wildman–Crippen MR) is 96.7 cm³/mol. The van der Waals surface area contributed by atoms with E-state index in [1.807, 2.05) is 19.1 Å². The van der Waals surface area contributed by atoms with E-state index >= 15 is 0 Å². The molecule has 6 nitrogen and oxygen atoms in total. The Morgan fingerprint density at radius 3 is 2.28 bits per heavy atom. The van der Waals surface area contributed by atoms with Gasteiger partial charge in [0.05, 0.1) is 4.90 Å². The van der Waals surface area contributed by atoms with Gasteiger partial charge in [-0.25, -0.2) is 8.42 Å². The summed E-state index contributed by atoms with van der Waals surface area (Å²) in [4.78, 5) is 12.8. The van der Waals surface area contributed by atoms with Crippen molar-refractivity contribution in [3.63, 3.8) is 0 Å². The molecule has 0 unspecified atom stereocenters. The maximum Gasteiger partial charge on any atom is 0.243 e.